The fourth-order valence-electron chi connectivity index (χ4n) is 3.72. The maximum Gasteiger partial charge on any atom is 0.223 e. The van der Waals surface area contributed by atoms with E-state index in [4.69, 9.17) is 10.7 Å². The molecule has 146 valence electrons. The molecule has 1 saturated carbocycles. The number of nitrogens with one attached hydrogen (secondary N) is 2. The zero-order valence-corrected chi connectivity index (χ0v) is 17.1. The summed E-state index contributed by atoms with van der Waals surface area (Å²) in [6.45, 7) is 2.94. The molecule has 2 aliphatic rings. The highest BCUT2D eigenvalue weighted by Gasteiger charge is 2.19. The summed E-state index contributed by atoms with van der Waals surface area (Å²) in [5.41, 5.74) is 11.1. The predicted octanol–water partition coefficient (Wildman–Crippen LogP) is 4.70. The van der Waals surface area contributed by atoms with E-state index < -0.39 is 0 Å². The van der Waals surface area contributed by atoms with Crippen molar-refractivity contribution >= 4 is 29.1 Å². The van der Waals surface area contributed by atoms with Crippen molar-refractivity contribution in [1.82, 2.24) is 15.3 Å². The molecular weight excluding hydrogens is 366 g/mol. The maximum absolute atomic E-state index is 6.49. The van der Waals surface area contributed by atoms with E-state index in [0.717, 1.165) is 40.0 Å². The van der Waals surface area contributed by atoms with E-state index in [1.165, 1.54) is 32.1 Å². The van der Waals surface area contributed by atoms with Crippen molar-refractivity contribution in [3.05, 3.63) is 63.8 Å². The number of rotatable bonds is 5. The standard InChI is InChI=1S/C22H27N5S/c1-15-12-24-22(25-13-16-8-4-2-5-9-16)27-20(15)19(23)21-26-18(14-28-21)17-10-6-3-7-11-17/h3,6-7,10-12,14,16,26H,2,4-5,8-9,13,23H2,1H3,(H,24,25,27)/b21-19+. The van der Waals surface area contributed by atoms with Crippen LogP contribution in [0, 0.1) is 12.8 Å². The fourth-order valence-corrected chi connectivity index (χ4v) is 4.55. The summed E-state index contributed by atoms with van der Waals surface area (Å²) in [5, 5.41) is 9.86. The van der Waals surface area contributed by atoms with E-state index in [1.54, 1.807) is 11.8 Å². The van der Waals surface area contributed by atoms with Crippen LogP contribution in [0.15, 0.2) is 47.0 Å². The number of benzene rings is 1. The maximum atomic E-state index is 6.49. The topological polar surface area (TPSA) is 75.9 Å². The second-order valence-corrected chi connectivity index (χ2v) is 8.37. The van der Waals surface area contributed by atoms with E-state index >= 15 is 0 Å². The van der Waals surface area contributed by atoms with E-state index in [0.29, 0.717) is 11.6 Å². The van der Waals surface area contributed by atoms with Gasteiger partial charge >= 0.3 is 0 Å². The lowest BCUT2D eigenvalue weighted by atomic mass is 9.89. The Morgan fingerprint density at radius 3 is 2.79 bits per heavy atom. The summed E-state index contributed by atoms with van der Waals surface area (Å²) in [6, 6.07) is 10.3. The van der Waals surface area contributed by atoms with Gasteiger partial charge in [-0.25, -0.2) is 9.97 Å². The quantitative estimate of drug-likeness (QED) is 0.684. The normalized spacial score (nSPS) is 19.1. The second kappa shape index (κ2) is 8.69. The second-order valence-electron chi connectivity index (χ2n) is 7.49. The van der Waals surface area contributed by atoms with Crippen molar-refractivity contribution < 1.29 is 0 Å². The Kier molecular flexibility index (Phi) is 5.86. The molecule has 4 rings (SSSR count). The van der Waals surface area contributed by atoms with Gasteiger partial charge in [0.05, 0.1) is 17.1 Å². The molecule has 1 fully saturated rings. The predicted molar refractivity (Wildman–Crippen MR) is 118 cm³/mol. The minimum absolute atomic E-state index is 0.660. The number of aryl methyl sites for hydroxylation is 1. The molecule has 1 aromatic heterocycles. The van der Waals surface area contributed by atoms with Gasteiger partial charge in [0.15, 0.2) is 0 Å². The molecule has 0 unspecified atom stereocenters. The number of thioether (sulfide) groups is 1. The van der Waals surface area contributed by atoms with Gasteiger partial charge in [-0.15, -0.1) is 0 Å². The van der Waals surface area contributed by atoms with Crippen molar-refractivity contribution in [2.24, 2.45) is 11.7 Å². The molecule has 0 amide bonds. The van der Waals surface area contributed by atoms with Gasteiger partial charge in [0.2, 0.25) is 5.95 Å². The highest BCUT2D eigenvalue weighted by atomic mass is 32.2. The molecular formula is C22H27N5S. The van der Waals surface area contributed by atoms with Gasteiger partial charge in [-0.2, -0.15) is 0 Å². The average Bonchev–Trinajstić information content (AvgIpc) is 3.24. The van der Waals surface area contributed by atoms with Crippen LogP contribution in [0.25, 0.3) is 11.4 Å². The Bertz CT molecular complexity index is 885. The first-order valence-electron chi connectivity index (χ1n) is 9.97. The van der Waals surface area contributed by atoms with Crippen LogP contribution in [0.2, 0.25) is 0 Å². The summed E-state index contributed by atoms with van der Waals surface area (Å²) in [5.74, 6) is 1.39. The number of nitrogens with zero attached hydrogens (tertiary/aromatic N) is 2. The lowest BCUT2D eigenvalue weighted by Crippen LogP contribution is -2.19. The van der Waals surface area contributed by atoms with Crippen molar-refractivity contribution in [1.29, 1.82) is 0 Å². The number of aromatic nitrogens is 2. The Balaban J connectivity index is 1.48. The lowest BCUT2D eigenvalue weighted by Gasteiger charge is -2.21. The Labute approximate surface area is 170 Å². The molecule has 0 saturated heterocycles. The highest BCUT2D eigenvalue weighted by molar-refractivity contribution is 8.06. The third-order valence-electron chi connectivity index (χ3n) is 5.37. The Morgan fingerprint density at radius 1 is 1.21 bits per heavy atom. The van der Waals surface area contributed by atoms with Gasteiger partial charge in [-0.1, -0.05) is 61.4 Å². The van der Waals surface area contributed by atoms with Gasteiger partial charge in [-0.05, 0) is 36.8 Å². The first kappa shape index (κ1) is 18.9. The Hall–Kier alpha value is -2.47. The summed E-state index contributed by atoms with van der Waals surface area (Å²) in [7, 11) is 0. The third-order valence-corrected chi connectivity index (χ3v) is 6.28. The first-order chi connectivity index (χ1) is 13.7. The first-order valence-corrected chi connectivity index (χ1v) is 10.9. The fraction of sp³-hybridized carbons (Fsp3) is 0.364. The number of hydrogen-bond donors (Lipinski definition) is 3. The van der Waals surface area contributed by atoms with Crippen molar-refractivity contribution in [2.45, 2.75) is 39.0 Å². The molecule has 2 aromatic rings. The van der Waals surface area contributed by atoms with Crippen molar-refractivity contribution in [2.75, 3.05) is 11.9 Å². The minimum Gasteiger partial charge on any atom is -0.395 e. The molecule has 1 aliphatic carbocycles. The lowest BCUT2D eigenvalue weighted by molar-refractivity contribution is 0.373. The molecule has 28 heavy (non-hydrogen) atoms. The molecule has 6 heteroatoms. The zero-order valence-electron chi connectivity index (χ0n) is 16.2. The third kappa shape index (κ3) is 4.33. The van der Waals surface area contributed by atoms with E-state index in [2.05, 4.69) is 33.2 Å². The highest BCUT2D eigenvalue weighted by Crippen LogP contribution is 2.33. The summed E-state index contributed by atoms with van der Waals surface area (Å²) < 4.78 is 0. The van der Waals surface area contributed by atoms with Crippen LogP contribution in [0.3, 0.4) is 0 Å². The van der Waals surface area contributed by atoms with E-state index in [-0.39, 0.29) is 0 Å². The summed E-state index contributed by atoms with van der Waals surface area (Å²) in [6.07, 6.45) is 8.49. The van der Waals surface area contributed by atoms with Crippen LogP contribution in [0.5, 0.6) is 0 Å². The minimum atomic E-state index is 0.660. The van der Waals surface area contributed by atoms with Crippen LogP contribution in [-0.2, 0) is 0 Å². The van der Waals surface area contributed by atoms with Crippen LogP contribution in [-0.4, -0.2) is 16.5 Å². The largest absolute Gasteiger partial charge is 0.395 e. The van der Waals surface area contributed by atoms with Crippen molar-refractivity contribution in [3.8, 4) is 0 Å². The van der Waals surface area contributed by atoms with Gasteiger partial charge in [0, 0.05) is 18.1 Å². The smallest absolute Gasteiger partial charge is 0.223 e. The zero-order chi connectivity index (χ0) is 19.3. The molecule has 0 atom stereocenters. The molecule has 5 nitrogen and oxygen atoms in total. The molecule has 1 aromatic carbocycles. The van der Waals surface area contributed by atoms with Gasteiger partial charge < -0.3 is 16.4 Å². The van der Waals surface area contributed by atoms with Crippen LogP contribution in [0.1, 0.15) is 48.9 Å². The van der Waals surface area contributed by atoms with Crippen LogP contribution < -0.4 is 16.4 Å². The Morgan fingerprint density at radius 2 is 2.00 bits per heavy atom. The van der Waals surface area contributed by atoms with E-state index in [9.17, 15) is 0 Å². The molecule has 1 aliphatic heterocycles. The number of anilines is 1. The van der Waals surface area contributed by atoms with Gasteiger partial charge in [0.25, 0.3) is 0 Å². The monoisotopic (exact) mass is 393 g/mol. The molecule has 0 spiro atoms. The number of hydrogen-bond acceptors (Lipinski definition) is 6. The molecule has 0 radical (unpaired) electrons. The molecule has 4 N–H and O–H groups in total. The van der Waals surface area contributed by atoms with Crippen molar-refractivity contribution in [3.63, 3.8) is 0 Å². The average molecular weight is 394 g/mol. The summed E-state index contributed by atoms with van der Waals surface area (Å²) >= 11 is 1.60. The van der Waals surface area contributed by atoms with Gasteiger partial charge in [-0.3, -0.25) is 0 Å². The molecule has 0 bridgehead atoms. The molecule has 2 heterocycles. The number of nitrogens with two attached hydrogens (primary N) is 1. The van der Waals surface area contributed by atoms with Gasteiger partial charge in [0.1, 0.15) is 5.03 Å². The summed E-state index contributed by atoms with van der Waals surface area (Å²) in [4.78, 5) is 9.17. The van der Waals surface area contributed by atoms with Crippen LogP contribution in [0.4, 0.5) is 5.95 Å². The van der Waals surface area contributed by atoms with Crippen LogP contribution >= 0.6 is 11.8 Å². The SMILES string of the molecule is Cc1cnc(NCC2CCCCC2)nc1/C(N)=C1/NC(c2ccccc2)=CS1. The van der Waals surface area contributed by atoms with E-state index in [1.807, 2.05) is 31.3 Å².